The summed E-state index contributed by atoms with van der Waals surface area (Å²) in [6, 6.07) is -2.09. The quantitative estimate of drug-likeness (QED) is 0.158. The third kappa shape index (κ3) is 11.4. The van der Waals surface area contributed by atoms with E-state index in [1.165, 1.54) is 0 Å². The Hall–Kier alpha value is -1.96. The van der Waals surface area contributed by atoms with Gasteiger partial charge >= 0.3 is 0 Å². The van der Waals surface area contributed by atoms with Gasteiger partial charge in [-0.25, -0.2) is 0 Å². The number of epoxide rings is 1. The molecule has 1 unspecified atom stereocenters. The molecule has 3 amide bonds. The van der Waals surface area contributed by atoms with Gasteiger partial charge in [0.25, 0.3) is 0 Å². The molecule has 34 heavy (non-hydrogen) atoms. The van der Waals surface area contributed by atoms with Crippen molar-refractivity contribution in [1.82, 2.24) is 16.0 Å². The summed E-state index contributed by atoms with van der Waals surface area (Å²) in [5, 5.41) is 8.48. The third-order valence-electron chi connectivity index (χ3n) is 6.32. The predicted octanol–water partition coefficient (Wildman–Crippen LogP) is 3.27. The molecule has 8 nitrogen and oxygen atoms in total. The van der Waals surface area contributed by atoms with Gasteiger partial charge in [-0.2, -0.15) is 0 Å². The molecule has 0 aromatic carbocycles. The van der Waals surface area contributed by atoms with Crippen LogP contribution in [0.4, 0.5) is 0 Å². The van der Waals surface area contributed by atoms with E-state index in [9.17, 15) is 19.2 Å². The fourth-order valence-electron chi connectivity index (χ4n) is 4.18. The molecule has 1 aliphatic rings. The number of ether oxygens (including phenoxy) is 1. The summed E-state index contributed by atoms with van der Waals surface area (Å²) in [6.07, 6.45) is 7.35. The first-order valence-corrected chi connectivity index (χ1v) is 13.0. The van der Waals surface area contributed by atoms with Gasteiger partial charge in [0.1, 0.15) is 18.4 Å². The monoisotopic (exact) mass is 481 g/mol. The average molecular weight is 482 g/mol. The van der Waals surface area contributed by atoms with Crippen LogP contribution in [0.3, 0.4) is 0 Å². The Kier molecular flexibility index (Phi) is 13.4. The summed E-state index contributed by atoms with van der Waals surface area (Å²) >= 11 is 0. The Morgan fingerprint density at radius 3 is 2.15 bits per heavy atom. The van der Waals surface area contributed by atoms with Gasteiger partial charge < -0.3 is 25.5 Å². The number of hydrogen-bond donors (Lipinski definition) is 3. The van der Waals surface area contributed by atoms with Crippen LogP contribution in [0.1, 0.15) is 99.3 Å². The second-order valence-corrected chi connectivity index (χ2v) is 10.5. The molecule has 1 aliphatic heterocycles. The largest absolute Gasteiger partial charge is 0.370 e. The number of unbranched alkanes of at least 4 members (excludes halogenated alkanes) is 3. The molecule has 0 radical (unpaired) electrons. The number of nitrogens with one attached hydrogen (secondary N) is 3. The van der Waals surface area contributed by atoms with Crippen LogP contribution in [-0.4, -0.2) is 54.3 Å². The summed E-state index contributed by atoms with van der Waals surface area (Å²) < 4.78 is 5.43. The zero-order valence-electron chi connectivity index (χ0n) is 22.1. The number of carbonyl (C=O) groups excluding carboxylic acids is 4. The van der Waals surface area contributed by atoms with Crippen LogP contribution in [-0.2, 0) is 23.9 Å². The van der Waals surface area contributed by atoms with E-state index in [1.807, 2.05) is 34.6 Å². The lowest BCUT2D eigenvalue weighted by Gasteiger charge is -2.26. The van der Waals surface area contributed by atoms with Gasteiger partial charge in [-0.05, 0) is 44.4 Å². The number of amides is 3. The fraction of sp³-hybridized carbons (Fsp3) is 0.846. The van der Waals surface area contributed by atoms with Crippen molar-refractivity contribution in [1.29, 1.82) is 0 Å². The highest BCUT2D eigenvalue weighted by atomic mass is 16.6. The highest BCUT2D eigenvalue weighted by Gasteiger charge is 2.40. The van der Waals surface area contributed by atoms with Crippen molar-refractivity contribution in [2.45, 2.75) is 123 Å². The molecule has 1 heterocycles. The topological polar surface area (TPSA) is 117 Å². The molecule has 1 rings (SSSR count). The normalized spacial score (nSPS) is 20.7. The smallest absolute Gasteiger partial charge is 0.243 e. The van der Waals surface area contributed by atoms with Crippen molar-refractivity contribution in [2.75, 3.05) is 6.61 Å². The van der Waals surface area contributed by atoms with E-state index in [1.54, 1.807) is 0 Å². The van der Waals surface area contributed by atoms with Crippen LogP contribution in [0.15, 0.2) is 0 Å². The van der Waals surface area contributed by atoms with Gasteiger partial charge in [-0.15, -0.1) is 0 Å². The second-order valence-electron chi connectivity index (χ2n) is 10.5. The molecular formula is C26H47N3O5. The SMILES string of the molecule is CCCCCC(=O)N[C@H](C(=O)N[C@@H](CCCC)C(=O)NC(C=O)C[C@H](C)C[C@]1(C)CO1)C(C)C. The van der Waals surface area contributed by atoms with Crippen LogP contribution < -0.4 is 16.0 Å². The minimum Gasteiger partial charge on any atom is -0.370 e. The number of carbonyl (C=O) groups is 4. The first-order valence-electron chi connectivity index (χ1n) is 13.0. The molecule has 0 bridgehead atoms. The molecule has 196 valence electrons. The second kappa shape index (κ2) is 15.1. The Balaban J connectivity index is 2.74. The Morgan fingerprint density at radius 1 is 0.971 bits per heavy atom. The van der Waals surface area contributed by atoms with E-state index in [0.717, 1.165) is 51.4 Å². The molecule has 5 atom stereocenters. The molecule has 1 fully saturated rings. The summed E-state index contributed by atoms with van der Waals surface area (Å²) in [5.41, 5.74) is -0.110. The minimum atomic E-state index is -0.757. The summed E-state index contributed by atoms with van der Waals surface area (Å²) in [4.78, 5) is 50.0. The van der Waals surface area contributed by atoms with E-state index in [4.69, 9.17) is 4.74 Å². The fourth-order valence-corrected chi connectivity index (χ4v) is 4.18. The lowest BCUT2D eigenvalue weighted by Crippen LogP contribution is -2.56. The number of hydrogen-bond acceptors (Lipinski definition) is 5. The maximum absolute atomic E-state index is 13.0. The lowest BCUT2D eigenvalue weighted by molar-refractivity contribution is -0.133. The van der Waals surface area contributed by atoms with Crippen LogP contribution in [0.2, 0.25) is 0 Å². The number of rotatable bonds is 18. The van der Waals surface area contributed by atoms with E-state index in [0.29, 0.717) is 19.3 Å². The van der Waals surface area contributed by atoms with E-state index in [-0.39, 0.29) is 35.2 Å². The van der Waals surface area contributed by atoms with Crippen molar-refractivity contribution >= 4 is 24.0 Å². The van der Waals surface area contributed by atoms with Crippen molar-refractivity contribution in [3.8, 4) is 0 Å². The molecule has 8 heteroatoms. The third-order valence-corrected chi connectivity index (χ3v) is 6.32. The van der Waals surface area contributed by atoms with Gasteiger partial charge in [0.2, 0.25) is 17.7 Å². The first kappa shape index (κ1) is 30.1. The van der Waals surface area contributed by atoms with Crippen molar-refractivity contribution in [3.63, 3.8) is 0 Å². The average Bonchev–Trinajstić information content (AvgIpc) is 3.50. The van der Waals surface area contributed by atoms with Crippen molar-refractivity contribution in [3.05, 3.63) is 0 Å². The molecular weight excluding hydrogens is 434 g/mol. The van der Waals surface area contributed by atoms with Crippen molar-refractivity contribution < 1.29 is 23.9 Å². The molecule has 0 spiro atoms. The highest BCUT2D eigenvalue weighted by molar-refractivity contribution is 5.92. The Labute approximate surface area is 205 Å². The lowest BCUT2D eigenvalue weighted by atomic mass is 9.92. The number of aldehydes is 1. The van der Waals surface area contributed by atoms with E-state index in [2.05, 4.69) is 22.9 Å². The van der Waals surface area contributed by atoms with Gasteiger partial charge in [0.15, 0.2) is 0 Å². The van der Waals surface area contributed by atoms with Gasteiger partial charge in [0.05, 0.1) is 18.2 Å². The molecule has 1 saturated heterocycles. The minimum absolute atomic E-state index is 0.110. The van der Waals surface area contributed by atoms with Crippen LogP contribution >= 0.6 is 0 Å². The summed E-state index contributed by atoms with van der Waals surface area (Å²) in [5.74, 6) is -0.804. The molecule has 0 aromatic heterocycles. The maximum Gasteiger partial charge on any atom is 0.243 e. The highest BCUT2D eigenvalue weighted by Crippen LogP contribution is 2.34. The van der Waals surface area contributed by atoms with E-state index >= 15 is 0 Å². The standard InChI is InChI=1S/C26H47N3O5/c1-7-9-11-13-22(31)29-23(18(3)4)25(33)28-21(12-10-8-2)24(32)27-20(16-30)14-19(5)15-26(6)17-34-26/h16,18-21,23H,7-15,17H2,1-6H3,(H,27,32)(H,28,33)(H,29,31)/t19-,20?,21-,23-,26+/m0/s1. The van der Waals surface area contributed by atoms with Crippen molar-refractivity contribution in [2.24, 2.45) is 11.8 Å². The van der Waals surface area contributed by atoms with Gasteiger partial charge in [-0.1, -0.05) is 60.3 Å². The zero-order chi connectivity index (χ0) is 25.7. The summed E-state index contributed by atoms with van der Waals surface area (Å²) in [6.45, 7) is 12.6. The Morgan fingerprint density at radius 2 is 1.62 bits per heavy atom. The molecule has 0 aromatic rings. The Bertz CT molecular complexity index is 663. The van der Waals surface area contributed by atoms with Gasteiger partial charge in [0, 0.05) is 6.42 Å². The molecule has 0 saturated carbocycles. The first-order chi connectivity index (χ1) is 16.0. The van der Waals surface area contributed by atoms with Crippen LogP contribution in [0.25, 0.3) is 0 Å². The predicted molar refractivity (Wildman–Crippen MR) is 133 cm³/mol. The van der Waals surface area contributed by atoms with Gasteiger partial charge in [-0.3, -0.25) is 14.4 Å². The molecule has 0 aliphatic carbocycles. The van der Waals surface area contributed by atoms with Crippen LogP contribution in [0.5, 0.6) is 0 Å². The molecule has 3 N–H and O–H groups in total. The van der Waals surface area contributed by atoms with E-state index < -0.39 is 18.1 Å². The van der Waals surface area contributed by atoms with Crippen LogP contribution in [0, 0.1) is 11.8 Å². The maximum atomic E-state index is 13.0. The zero-order valence-corrected chi connectivity index (χ0v) is 22.1. The summed E-state index contributed by atoms with van der Waals surface area (Å²) in [7, 11) is 0.